The van der Waals surface area contributed by atoms with E-state index < -0.39 is 5.97 Å². The SMILES string of the molecule is CC1CN(C(=O)CCc2ccc3[nH]ccc3c2)CCC1C(=O)O. The number of rotatable bonds is 4. The third kappa shape index (κ3) is 3.38. The Morgan fingerprint density at radius 1 is 1.35 bits per heavy atom. The summed E-state index contributed by atoms with van der Waals surface area (Å²) in [7, 11) is 0. The predicted molar refractivity (Wildman–Crippen MR) is 88.1 cm³/mol. The average Bonchev–Trinajstić information content (AvgIpc) is 2.99. The molecule has 122 valence electrons. The van der Waals surface area contributed by atoms with Gasteiger partial charge in [0.05, 0.1) is 5.92 Å². The van der Waals surface area contributed by atoms with Gasteiger partial charge < -0.3 is 15.0 Å². The lowest BCUT2D eigenvalue weighted by atomic mass is 9.87. The van der Waals surface area contributed by atoms with Crippen LogP contribution in [0.5, 0.6) is 0 Å². The lowest BCUT2D eigenvalue weighted by Gasteiger charge is -2.35. The molecule has 0 saturated carbocycles. The van der Waals surface area contributed by atoms with E-state index in [1.54, 1.807) is 0 Å². The second kappa shape index (κ2) is 6.44. The minimum atomic E-state index is -0.746. The van der Waals surface area contributed by atoms with E-state index in [9.17, 15) is 9.59 Å². The van der Waals surface area contributed by atoms with Gasteiger partial charge in [-0.2, -0.15) is 0 Å². The molecule has 0 bridgehead atoms. The number of likely N-dealkylation sites (tertiary alicyclic amines) is 1. The number of piperidine rings is 1. The Morgan fingerprint density at radius 2 is 2.17 bits per heavy atom. The average molecular weight is 314 g/mol. The molecule has 0 radical (unpaired) electrons. The number of hydrogen-bond acceptors (Lipinski definition) is 2. The zero-order valence-corrected chi connectivity index (χ0v) is 13.3. The van der Waals surface area contributed by atoms with Gasteiger partial charge in [-0.3, -0.25) is 9.59 Å². The van der Waals surface area contributed by atoms with E-state index in [0.29, 0.717) is 32.4 Å². The summed E-state index contributed by atoms with van der Waals surface area (Å²) in [6.07, 6.45) is 3.65. The third-order valence-corrected chi connectivity index (χ3v) is 4.82. The van der Waals surface area contributed by atoms with Crippen molar-refractivity contribution in [3.63, 3.8) is 0 Å². The number of nitrogens with one attached hydrogen (secondary N) is 1. The number of carbonyl (C=O) groups excluding carboxylic acids is 1. The molecule has 0 spiro atoms. The summed E-state index contributed by atoms with van der Waals surface area (Å²) in [4.78, 5) is 28.5. The second-order valence-corrected chi connectivity index (χ2v) is 6.45. The number of hydrogen-bond donors (Lipinski definition) is 2. The minimum absolute atomic E-state index is 0.0152. The number of fused-ring (bicyclic) bond motifs is 1. The molecule has 1 aromatic heterocycles. The number of amides is 1. The Balaban J connectivity index is 1.56. The van der Waals surface area contributed by atoms with Gasteiger partial charge in [-0.1, -0.05) is 13.0 Å². The topological polar surface area (TPSA) is 73.4 Å². The smallest absolute Gasteiger partial charge is 0.306 e. The molecule has 1 aliphatic rings. The highest BCUT2D eigenvalue weighted by molar-refractivity contribution is 5.81. The molecule has 1 aromatic carbocycles. The van der Waals surface area contributed by atoms with Gasteiger partial charge in [-0.25, -0.2) is 0 Å². The molecular weight excluding hydrogens is 292 g/mol. The van der Waals surface area contributed by atoms with Crippen molar-refractivity contribution in [3.05, 3.63) is 36.0 Å². The van der Waals surface area contributed by atoms with Crippen LogP contribution in [0.15, 0.2) is 30.5 Å². The number of nitrogens with zero attached hydrogens (tertiary/aromatic N) is 1. The molecule has 2 unspecified atom stereocenters. The van der Waals surface area contributed by atoms with Gasteiger partial charge in [0.25, 0.3) is 0 Å². The van der Waals surface area contributed by atoms with Crippen molar-refractivity contribution in [2.24, 2.45) is 11.8 Å². The van der Waals surface area contributed by atoms with E-state index in [0.717, 1.165) is 16.5 Å². The van der Waals surface area contributed by atoms with Crippen LogP contribution in [0.4, 0.5) is 0 Å². The van der Waals surface area contributed by atoms with Crippen molar-refractivity contribution in [1.29, 1.82) is 0 Å². The van der Waals surface area contributed by atoms with E-state index >= 15 is 0 Å². The number of carbonyl (C=O) groups is 2. The van der Waals surface area contributed by atoms with Crippen LogP contribution in [-0.2, 0) is 16.0 Å². The summed E-state index contributed by atoms with van der Waals surface area (Å²) in [5.41, 5.74) is 2.25. The maximum absolute atomic E-state index is 12.4. The van der Waals surface area contributed by atoms with Crippen LogP contribution in [0.25, 0.3) is 10.9 Å². The highest BCUT2D eigenvalue weighted by Crippen LogP contribution is 2.24. The molecule has 1 saturated heterocycles. The van der Waals surface area contributed by atoms with Crippen LogP contribution in [0, 0.1) is 11.8 Å². The lowest BCUT2D eigenvalue weighted by Crippen LogP contribution is -2.45. The number of H-pyrrole nitrogens is 1. The highest BCUT2D eigenvalue weighted by atomic mass is 16.4. The Morgan fingerprint density at radius 3 is 2.91 bits per heavy atom. The normalized spacial score (nSPS) is 21.5. The van der Waals surface area contributed by atoms with Gasteiger partial charge in [0.2, 0.25) is 5.91 Å². The second-order valence-electron chi connectivity index (χ2n) is 6.45. The quantitative estimate of drug-likeness (QED) is 0.911. The third-order valence-electron chi connectivity index (χ3n) is 4.82. The first kappa shape index (κ1) is 15.6. The van der Waals surface area contributed by atoms with E-state index in [-0.39, 0.29) is 17.7 Å². The first-order valence-corrected chi connectivity index (χ1v) is 8.11. The summed E-state index contributed by atoms with van der Waals surface area (Å²) in [6.45, 7) is 3.02. The van der Waals surface area contributed by atoms with Crippen molar-refractivity contribution in [2.45, 2.75) is 26.2 Å². The Hall–Kier alpha value is -2.30. The molecule has 3 rings (SSSR count). The van der Waals surface area contributed by atoms with E-state index in [1.807, 2.05) is 36.2 Å². The summed E-state index contributed by atoms with van der Waals surface area (Å²) in [5.74, 6) is -0.935. The fraction of sp³-hybridized carbons (Fsp3) is 0.444. The Kier molecular flexibility index (Phi) is 4.37. The Labute approximate surface area is 135 Å². The van der Waals surface area contributed by atoms with Gasteiger partial charge in [-0.05, 0) is 47.9 Å². The zero-order chi connectivity index (χ0) is 16.4. The van der Waals surface area contributed by atoms with Gasteiger partial charge in [0.15, 0.2) is 0 Å². The molecule has 2 heterocycles. The van der Waals surface area contributed by atoms with Crippen molar-refractivity contribution < 1.29 is 14.7 Å². The van der Waals surface area contributed by atoms with Gasteiger partial charge in [0, 0.05) is 31.2 Å². The number of carboxylic acid groups (broad SMARTS) is 1. The maximum atomic E-state index is 12.4. The molecule has 2 N–H and O–H groups in total. The molecule has 2 aromatic rings. The first-order chi connectivity index (χ1) is 11.0. The summed E-state index contributed by atoms with van der Waals surface area (Å²) in [5, 5.41) is 10.3. The van der Waals surface area contributed by atoms with Gasteiger partial charge >= 0.3 is 5.97 Å². The molecule has 1 fully saturated rings. The van der Waals surface area contributed by atoms with Crippen LogP contribution in [0.3, 0.4) is 0 Å². The molecule has 1 amide bonds. The molecule has 5 nitrogen and oxygen atoms in total. The van der Waals surface area contributed by atoms with E-state index in [4.69, 9.17) is 5.11 Å². The van der Waals surface area contributed by atoms with Crippen molar-refractivity contribution in [3.8, 4) is 0 Å². The van der Waals surface area contributed by atoms with Gasteiger partial charge in [-0.15, -0.1) is 0 Å². The van der Waals surface area contributed by atoms with Crippen molar-refractivity contribution in [2.75, 3.05) is 13.1 Å². The molecule has 1 aliphatic heterocycles. The monoisotopic (exact) mass is 314 g/mol. The van der Waals surface area contributed by atoms with E-state index in [2.05, 4.69) is 11.1 Å². The summed E-state index contributed by atoms with van der Waals surface area (Å²) < 4.78 is 0. The first-order valence-electron chi connectivity index (χ1n) is 8.11. The lowest BCUT2D eigenvalue weighted by molar-refractivity contribution is -0.148. The van der Waals surface area contributed by atoms with Crippen LogP contribution >= 0.6 is 0 Å². The minimum Gasteiger partial charge on any atom is -0.481 e. The Bertz CT molecular complexity index is 722. The summed E-state index contributed by atoms with van der Waals surface area (Å²) >= 11 is 0. The van der Waals surface area contributed by atoms with Crippen LogP contribution in [0.1, 0.15) is 25.3 Å². The maximum Gasteiger partial charge on any atom is 0.306 e. The number of aromatic amines is 1. The predicted octanol–water partition coefficient (Wildman–Crippen LogP) is 2.67. The van der Waals surface area contributed by atoms with Crippen molar-refractivity contribution >= 4 is 22.8 Å². The fourth-order valence-electron chi connectivity index (χ4n) is 3.41. The number of carboxylic acids is 1. The molecule has 0 aliphatic carbocycles. The highest BCUT2D eigenvalue weighted by Gasteiger charge is 2.32. The standard InChI is InChI=1S/C18H22N2O3/c1-12-11-20(9-7-15(12)18(22)23)17(21)5-3-13-2-4-16-14(10-13)6-8-19-16/h2,4,6,8,10,12,15,19H,3,5,7,9,11H2,1H3,(H,22,23). The zero-order valence-electron chi connectivity index (χ0n) is 13.3. The summed E-state index contributed by atoms with van der Waals surface area (Å²) in [6, 6.07) is 8.22. The van der Waals surface area contributed by atoms with Crippen LogP contribution < -0.4 is 0 Å². The molecular formula is C18H22N2O3. The van der Waals surface area contributed by atoms with Gasteiger partial charge in [0.1, 0.15) is 0 Å². The number of benzene rings is 1. The number of aliphatic carboxylic acids is 1. The molecule has 5 heteroatoms. The van der Waals surface area contributed by atoms with E-state index in [1.165, 1.54) is 0 Å². The number of aromatic nitrogens is 1. The largest absolute Gasteiger partial charge is 0.481 e. The van der Waals surface area contributed by atoms with Crippen LogP contribution in [-0.4, -0.2) is 40.0 Å². The fourth-order valence-corrected chi connectivity index (χ4v) is 3.41. The van der Waals surface area contributed by atoms with Crippen LogP contribution in [0.2, 0.25) is 0 Å². The van der Waals surface area contributed by atoms with Crippen molar-refractivity contribution in [1.82, 2.24) is 9.88 Å². The molecule has 23 heavy (non-hydrogen) atoms. The molecule has 2 atom stereocenters. The number of aryl methyl sites for hydroxylation is 1.